The van der Waals surface area contributed by atoms with Gasteiger partial charge >= 0.3 is 47.6 Å². The third kappa shape index (κ3) is 10.6. The fourth-order valence-electron chi connectivity index (χ4n) is 5.51. The highest BCUT2D eigenvalue weighted by atomic mass is 28.4. The Hall–Kier alpha value is -3.12. The number of aliphatic hydroxyl groups excluding tert-OH is 1. The molecule has 0 aliphatic carbocycles. The average molecular weight is 882 g/mol. The van der Waals surface area contributed by atoms with E-state index in [-0.39, 0.29) is 18.8 Å². The van der Waals surface area contributed by atoms with E-state index in [0.717, 1.165) is 6.08 Å². The van der Waals surface area contributed by atoms with Gasteiger partial charge in [0.15, 0.2) is 8.32 Å². The number of carbonyl (C=O) groups is 1. The number of alkyl halides is 17. The predicted octanol–water partition coefficient (Wildman–Crippen LogP) is 11.1. The van der Waals surface area contributed by atoms with E-state index in [1.165, 1.54) is 57.4 Å². The van der Waals surface area contributed by atoms with Crippen LogP contribution in [0.4, 0.5) is 74.6 Å². The molecule has 0 saturated carbocycles. The van der Waals surface area contributed by atoms with Gasteiger partial charge in [0.25, 0.3) is 5.91 Å². The lowest BCUT2D eigenvalue weighted by atomic mass is 9.88. The first-order valence-electron chi connectivity index (χ1n) is 16.6. The average Bonchev–Trinajstić information content (AvgIpc) is 3.08. The fourth-order valence-corrected chi connectivity index (χ4v) is 9.98. The molecule has 57 heavy (non-hydrogen) atoms. The van der Waals surface area contributed by atoms with E-state index < -0.39 is 98.1 Å². The van der Waals surface area contributed by atoms with E-state index in [1.54, 1.807) is 19.1 Å². The Morgan fingerprint density at radius 2 is 1.19 bits per heavy atom. The maximum absolute atomic E-state index is 14.8. The van der Waals surface area contributed by atoms with Gasteiger partial charge in [0, 0.05) is 12.5 Å². The molecule has 1 amide bonds. The number of halogens is 17. The van der Waals surface area contributed by atoms with Gasteiger partial charge in [-0.15, -0.1) is 0 Å². The summed E-state index contributed by atoms with van der Waals surface area (Å²) in [5.41, 5.74) is 0.683. The number of ether oxygens (including phenoxy) is 1. The minimum atomic E-state index is -8.68. The zero-order valence-corrected chi connectivity index (χ0v) is 31.6. The minimum Gasteiger partial charge on any atom is -0.491 e. The zero-order chi connectivity index (χ0) is 44.9. The Balaban J connectivity index is 3.13. The molecule has 3 N–H and O–H groups in total. The molecular weight excluding hydrogens is 841 g/mol. The van der Waals surface area contributed by atoms with E-state index in [2.05, 4.69) is 0 Å². The quantitative estimate of drug-likeness (QED) is 0.0205. The maximum atomic E-state index is 14.8. The van der Waals surface area contributed by atoms with Crippen LogP contribution in [0.5, 0.6) is 5.75 Å². The number of rotatable bonds is 22. The van der Waals surface area contributed by atoms with Gasteiger partial charge < -0.3 is 14.3 Å². The van der Waals surface area contributed by atoms with Crippen LogP contribution in [0.2, 0.25) is 17.1 Å². The molecule has 24 heteroatoms. The van der Waals surface area contributed by atoms with Gasteiger partial charge in [0.2, 0.25) is 0 Å². The second-order valence-corrected chi connectivity index (χ2v) is 18.5. The van der Waals surface area contributed by atoms with Crippen molar-refractivity contribution in [1.29, 1.82) is 0 Å². The van der Waals surface area contributed by atoms with Crippen molar-refractivity contribution in [3.05, 3.63) is 53.6 Å². The Kier molecular flexibility index (Phi) is 16.8. The van der Waals surface area contributed by atoms with Gasteiger partial charge in [0.05, 0.1) is 12.7 Å². The van der Waals surface area contributed by atoms with Gasteiger partial charge in [0.1, 0.15) is 12.4 Å². The van der Waals surface area contributed by atoms with E-state index in [1.807, 2.05) is 0 Å². The summed E-state index contributed by atoms with van der Waals surface area (Å²) in [5, 5.41) is 18.9. The summed E-state index contributed by atoms with van der Waals surface area (Å²) in [6.45, 7) is 6.02. The van der Waals surface area contributed by atoms with Crippen molar-refractivity contribution in [3.8, 4) is 5.75 Å². The van der Waals surface area contributed by atoms with Gasteiger partial charge in [-0.05, 0) is 60.2 Å². The number of hydrogen-bond acceptors (Lipinski definition) is 5. The third-order valence-corrected chi connectivity index (χ3v) is 14.7. The highest BCUT2D eigenvalue weighted by molar-refractivity contribution is 6.76. The number of aliphatic hydroxyl groups is 1. The number of amides is 1. The summed E-state index contributed by atoms with van der Waals surface area (Å²) in [6, 6.07) is 4.46. The second kappa shape index (κ2) is 18.4. The van der Waals surface area contributed by atoms with Crippen molar-refractivity contribution in [1.82, 2.24) is 5.48 Å². The topological polar surface area (TPSA) is 88.0 Å². The molecule has 0 bridgehead atoms. The highest BCUT2D eigenvalue weighted by Gasteiger charge is 2.95. The zero-order valence-electron chi connectivity index (χ0n) is 30.6. The van der Waals surface area contributed by atoms with Gasteiger partial charge in [-0.1, -0.05) is 52.0 Å². The fraction of sp³-hybridized carbons (Fsp3) is 0.667. The lowest BCUT2D eigenvalue weighted by Crippen LogP contribution is -2.74. The first-order valence-corrected chi connectivity index (χ1v) is 18.9. The molecule has 1 aromatic rings. The van der Waals surface area contributed by atoms with Crippen molar-refractivity contribution in [2.45, 2.75) is 125 Å². The van der Waals surface area contributed by atoms with Crippen molar-refractivity contribution in [3.63, 3.8) is 0 Å². The normalized spacial score (nSPS) is 15.5. The van der Waals surface area contributed by atoms with Gasteiger partial charge in [-0.3, -0.25) is 10.0 Å². The van der Waals surface area contributed by atoms with Crippen LogP contribution >= 0.6 is 0 Å². The van der Waals surface area contributed by atoms with E-state index in [4.69, 9.17) is 14.4 Å². The number of allylic oxidation sites excluding steroid dienone is 3. The molecule has 0 spiro atoms. The Bertz CT molecular complexity index is 1520. The van der Waals surface area contributed by atoms with Crippen LogP contribution in [0.15, 0.2) is 48.1 Å². The number of benzene rings is 1. The molecule has 0 fully saturated rings. The molecule has 330 valence electrons. The van der Waals surface area contributed by atoms with Crippen molar-refractivity contribution in [2.24, 2.45) is 0 Å². The van der Waals surface area contributed by atoms with E-state index >= 15 is 0 Å². The molecule has 0 aliphatic rings. The molecule has 0 aliphatic heterocycles. The lowest BCUT2D eigenvalue weighted by molar-refractivity contribution is -0.461. The van der Waals surface area contributed by atoms with Gasteiger partial charge in [-0.2, -0.15) is 74.6 Å². The SMILES string of the molecule is CC(/C=C/CC[C@H](O)c1ccc(OCCO[Si](CCC(F)(F)C(F)(F)C(F)(F)C(F)(F)C(F)(F)C(F)(F)C(F)(F)C(F)(F)F)(C(C)C)C(C)C)cc1)=C\C(=O)NO. The monoisotopic (exact) mass is 881 g/mol. The molecule has 0 saturated heterocycles. The van der Waals surface area contributed by atoms with Crippen LogP contribution in [0, 0.1) is 0 Å². The highest BCUT2D eigenvalue weighted by Crippen LogP contribution is 2.64. The van der Waals surface area contributed by atoms with Gasteiger partial charge in [-0.25, -0.2) is 5.48 Å². The molecule has 0 heterocycles. The van der Waals surface area contributed by atoms with E-state index in [9.17, 15) is 84.5 Å². The number of carbonyl (C=O) groups excluding carboxylic acids is 1. The summed E-state index contributed by atoms with van der Waals surface area (Å²) in [4.78, 5) is 11.1. The van der Waals surface area contributed by atoms with Crippen LogP contribution < -0.4 is 10.2 Å². The molecule has 6 nitrogen and oxygen atoms in total. The Morgan fingerprint density at radius 3 is 1.63 bits per heavy atom. The summed E-state index contributed by atoms with van der Waals surface area (Å²) in [7, 11) is -3.94. The van der Waals surface area contributed by atoms with Crippen LogP contribution in [0.1, 0.15) is 65.5 Å². The van der Waals surface area contributed by atoms with Crippen LogP contribution in [0.25, 0.3) is 0 Å². The standard InChI is InChI=1S/C33H40F17NO5Si/c1-19(2)57(20(3)4,56-16-15-55-23-12-10-22(11-13-23)24(52)9-7-6-8-21(5)18-25(53)51-54)17-14-26(34,35)27(36,37)28(38,39)29(40,41)30(42,43)31(44,45)32(46,47)33(48,49)50/h6,8,10-13,18-20,24,52,54H,7,9,14-17H2,1-5H3,(H,51,53)/b8-6+,21-18+/t24-/m0/s1. The maximum Gasteiger partial charge on any atom is 0.460 e. The van der Waals surface area contributed by atoms with Crippen LogP contribution in [-0.4, -0.2) is 85.4 Å². The van der Waals surface area contributed by atoms with Crippen LogP contribution in [0.3, 0.4) is 0 Å². The molecule has 1 rings (SSSR count). The van der Waals surface area contributed by atoms with Crippen molar-refractivity contribution >= 4 is 14.2 Å². The molecule has 0 aromatic heterocycles. The smallest absolute Gasteiger partial charge is 0.460 e. The Morgan fingerprint density at radius 1 is 0.737 bits per heavy atom. The molecule has 1 atom stereocenters. The molecule has 1 aromatic carbocycles. The first kappa shape index (κ1) is 51.9. The number of nitrogens with one attached hydrogen (secondary N) is 1. The predicted molar refractivity (Wildman–Crippen MR) is 171 cm³/mol. The summed E-state index contributed by atoms with van der Waals surface area (Å²) in [5.74, 6) is -57.3. The first-order chi connectivity index (χ1) is 25.6. The summed E-state index contributed by atoms with van der Waals surface area (Å²) in [6.07, 6.45) is -6.33. The molecular formula is C33H40F17NO5Si. The largest absolute Gasteiger partial charge is 0.491 e. The third-order valence-electron chi connectivity index (χ3n) is 9.02. The number of hydrogen-bond donors (Lipinski definition) is 3. The lowest BCUT2D eigenvalue weighted by Gasteiger charge is -2.44. The van der Waals surface area contributed by atoms with Crippen molar-refractivity contribution in [2.75, 3.05) is 13.2 Å². The summed E-state index contributed by atoms with van der Waals surface area (Å²) >= 11 is 0. The van der Waals surface area contributed by atoms with E-state index in [0.29, 0.717) is 17.6 Å². The second-order valence-electron chi connectivity index (χ2n) is 13.5. The molecule has 0 unspecified atom stereocenters. The summed E-state index contributed by atoms with van der Waals surface area (Å²) < 4.78 is 245. The van der Waals surface area contributed by atoms with Crippen molar-refractivity contribution < 1.29 is 98.9 Å². The molecule has 0 radical (unpaired) electrons. The van der Waals surface area contributed by atoms with Crippen LogP contribution in [-0.2, 0) is 9.22 Å². The minimum absolute atomic E-state index is 0.170. The number of hydroxylamine groups is 1. The Labute approximate surface area is 316 Å².